The molecule has 1 aliphatic heterocycles. The summed E-state index contributed by atoms with van der Waals surface area (Å²) in [7, 11) is 0. The van der Waals surface area contributed by atoms with Gasteiger partial charge in [-0.2, -0.15) is 0 Å². The van der Waals surface area contributed by atoms with Gasteiger partial charge in [-0.3, -0.25) is 9.63 Å². The number of amides is 3. The lowest BCUT2D eigenvalue weighted by molar-refractivity contribution is -0.123. The highest BCUT2D eigenvalue weighted by Crippen LogP contribution is 1.93. The zero-order valence-corrected chi connectivity index (χ0v) is 7.50. The van der Waals surface area contributed by atoms with Crippen molar-refractivity contribution in [3.05, 3.63) is 0 Å². The summed E-state index contributed by atoms with van der Waals surface area (Å²) in [5.74, 6) is -0.141. The fraction of sp³-hybridized carbons (Fsp3) is 0.714. The molecule has 1 aliphatic rings. The smallest absolute Gasteiger partial charge is 0.341 e. The van der Waals surface area contributed by atoms with Gasteiger partial charge >= 0.3 is 6.03 Å². The number of hydrogen-bond donors (Lipinski definition) is 2. The molecule has 0 aliphatic carbocycles. The van der Waals surface area contributed by atoms with Crippen LogP contribution in [0.5, 0.6) is 0 Å². The number of rotatable bonds is 2. The minimum atomic E-state index is -0.364. The van der Waals surface area contributed by atoms with Gasteiger partial charge < -0.3 is 10.2 Å². The van der Waals surface area contributed by atoms with E-state index < -0.39 is 0 Å². The minimum absolute atomic E-state index is 0.0961. The van der Waals surface area contributed by atoms with Crippen LogP contribution in [0.3, 0.4) is 0 Å². The van der Waals surface area contributed by atoms with Gasteiger partial charge in [0.25, 0.3) is 0 Å². The third kappa shape index (κ3) is 2.90. The van der Waals surface area contributed by atoms with Crippen molar-refractivity contribution in [1.29, 1.82) is 0 Å². The number of hydroxylamine groups is 1. The monoisotopic (exact) mass is 187 g/mol. The van der Waals surface area contributed by atoms with E-state index in [2.05, 4.69) is 10.8 Å². The molecule has 3 amide bonds. The molecule has 0 aromatic rings. The van der Waals surface area contributed by atoms with Gasteiger partial charge in [-0.15, -0.1) is 0 Å². The van der Waals surface area contributed by atoms with E-state index in [-0.39, 0.29) is 18.5 Å². The predicted molar refractivity (Wildman–Crippen MR) is 44.7 cm³/mol. The molecule has 2 N–H and O–H groups in total. The molecule has 6 nitrogen and oxygen atoms in total. The normalized spacial score (nSPS) is 16.7. The fourth-order valence-corrected chi connectivity index (χ4v) is 1.01. The van der Waals surface area contributed by atoms with Gasteiger partial charge in [-0.1, -0.05) is 0 Å². The topological polar surface area (TPSA) is 70.7 Å². The molecule has 1 fully saturated rings. The number of carbonyl (C=O) groups excluding carboxylic acids is 2. The van der Waals surface area contributed by atoms with Gasteiger partial charge in [0.15, 0.2) is 0 Å². The van der Waals surface area contributed by atoms with Crippen LogP contribution >= 0.6 is 0 Å². The highest BCUT2D eigenvalue weighted by molar-refractivity contribution is 5.84. The number of nitrogens with zero attached hydrogens (tertiary/aromatic N) is 1. The summed E-state index contributed by atoms with van der Waals surface area (Å²) in [5.41, 5.74) is 2.23. The Kier molecular flexibility index (Phi) is 3.51. The van der Waals surface area contributed by atoms with Gasteiger partial charge in [0.2, 0.25) is 5.91 Å². The largest absolute Gasteiger partial charge is 0.353 e. The molecule has 0 atom stereocenters. The van der Waals surface area contributed by atoms with E-state index in [4.69, 9.17) is 4.84 Å². The summed E-state index contributed by atoms with van der Waals surface area (Å²) < 4.78 is 0. The van der Waals surface area contributed by atoms with Crippen LogP contribution < -0.4 is 10.8 Å². The third-order valence-corrected chi connectivity index (χ3v) is 1.63. The van der Waals surface area contributed by atoms with E-state index in [1.807, 2.05) is 0 Å². The van der Waals surface area contributed by atoms with Crippen LogP contribution in [0.4, 0.5) is 4.79 Å². The summed E-state index contributed by atoms with van der Waals surface area (Å²) >= 11 is 0. The first-order valence-electron chi connectivity index (χ1n) is 4.17. The number of urea groups is 1. The lowest BCUT2D eigenvalue weighted by Crippen LogP contribution is -2.52. The van der Waals surface area contributed by atoms with Crippen molar-refractivity contribution in [3.8, 4) is 0 Å². The Hall–Kier alpha value is -1.30. The van der Waals surface area contributed by atoms with E-state index in [9.17, 15) is 9.59 Å². The van der Waals surface area contributed by atoms with Crippen molar-refractivity contribution in [2.45, 2.75) is 6.92 Å². The average molecular weight is 187 g/mol. The van der Waals surface area contributed by atoms with E-state index in [0.717, 1.165) is 0 Å². The van der Waals surface area contributed by atoms with Crippen LogP contribution in [0.15, 0.2) is 0 Å². The Morgan fingerprint density at radius 2 is 2.54 bits per heavy atom. The van der Waals surface area contributed by atoms with E-state index in [0.29, 0.717) is 19.7 Å². The molecule has 0 aromatic heterocycles. The SMILES string of the molecule is CCONC(=O)N1CCNC(=O)C1. The second-order valence-corrected chi connectivity index (χ2v) is 2.61. The maximum atomic E-state index is 11.2. The van der Waals surface area contributed by atoms with Gasteiger partial charge in [-0.25, -0.2) is 10.3 Å². The molecular weight excluding hydrogens is 174 g/mol. The molecule has 0 aromatic carbocycles. The molecule has 1 heterocycles. The number of carbonyl (C=O) groups is 2. The maximum absolute atomic E-state index is 11.2. The zero-order valence-electron chi connectivity index (χ0n) is 7.50. The van der Waals surface area contributed by atoms with Crippen molar-refractivity contribution in [2.24, 2.45) is 0 Å². The Bertz CT molecular complexity index is 207. The highest BCUT2D eigenvalue weighted by Gasteiger charge is 2.20. The van der Waals surface area contributed by atoms with E-state index in [1.54, 1.807) is 6.92 Å². The molecule has 1 saturated heterocycles. The van der Waals surface area contributed by atoms with Crippen LogP contribution in [0, 0.1) is 0 Å². The molecule has 0 bridgehead atoms. The van der Waals surface area contributed by atoms with Crippen LogP contribution in [-0.2, 0) is 9.63 Å². The first-order chi connectivity index (χ1) is 6.24. The quantitative estimate of drug-likeness (QED) is 0.549. The molecule has 74 valence electrons. The lowest BCUT2D eigenvalue weighted by atomic mass is 10.4. The zero-order chi connectivity index (χ0) is 9.68. The first kappa shape index (κ1) is 9.79. The molecule has 0 spiro atoms. The molecule has 0 saturated carbocycles. The fourth-order valence-electron chi connectivity index (χ4n) is 1.01. The third-order valence-electron chi connectivity index (χ3n) is 1.63. The van der Waals surface area contributed by atoms with Gasteiger partial charge in [0, 0.05) is 13.1 Å². The maximum Gasteiger partial charge on any atom is 0.341 e. The molecule has 13 heavy (non-hydrogen) atoms. The van der Waals surface area contributed by atoms with Crippen LogP contribution in [0.2, 0.25) is 0 Å². The summed E-state index contributed by atoms with van der Waals surface area (Å²) in [6.07, 6.45) is 0. The summed E-state index contributed by atoms with van der Waals surface area (Å²) in [6, 6.07) is -0.364. The van der Waals surface area contributed by atoms with Gasteiger partial charge in [-0.05, 0) is 6.92 Å². The summed E-state index contributed by atoms with van der Waals surface area (Å²) in [5, 5.41) is 2.62. The van der Waals surface area contributed by atoms with E-state index in [1.165, 1.54) is 4.90 Å². The van der Waals surface area contributed by atoms with Crippen LogP contribution in [-0.4, -0.2) is 43.1 Å². The average Bonchev–Trinajstić information content (AvgIpc) is 2.14. The highest BCUT2D eigenvalue weighted by atomic mass is 16.7. The molecule has 0 radical (unpaired) electrons. The van der Waals surface area contributed by atoms with Crippen molar-refractivity contribution in [2.75, 3.05) is 26.2 Å². The van der Waals surface area contributed by atoms with Gasteiger partial charge in [0.05, 0.1) is 6.61 Å². The molecule has 1 rings (SSSR count). The van der Waals surface area contributed by atoms with Crippen molar-refractivity contribution in [1.82, 2.24) is 15.7 Å². The lowest BCUT2D eigenvalue weighted by Gasteiger charge is -2.26. The van der Waals surface area contributed by atoms with Gasteiger partial charge in [0.1, 0.15) is 6.54 Å². The van der Waals surface area contributed by atoms with Crippen LogP contribution in [0.1, 0.15) is 6.92 Å². The Morgan fingerprint density at radius 3 is 3.15 bits per heavy atom. The molecule has 6 heteroatoms. The molecule has 0 unspecified atom stereocenters. The summed E-state index contributed by atoms with van der Waals surface area (Å²) in [4.78, 5) is 28.2. The van der Waals surface area contributed by atoms with Crippen molar-refractivity contribution >= 4 is 11.9 Å². The Labute approximate surface area is 76.2 Å². The molecular formula is C7H13N3O3. The standard InChI is InChI=1S/C7H13N3O3/c1-2-13-9-7(12)10-4-3-8-6(11)5-10/h2-5H2,1H3,(H,8,11)(H,9,12). The summed E-state index contributed by atoms with van der Waals surface area (Å²) in [6.45, 7) is 3.29. The number of piperazine rings is 1. The Morgan fingerprint density at radius 1 is 1.77 bits per heavy atom. The van der Waals surface area contributed by atoms with Crippen molar-refractivity contribution in [3.63, 3.8) is 0 Å². The Balaban J connectivity index is 2.32. The predicted octanol–water partition coefficient (Wildman–Crippen LogP) is -0.921. The minimum Gasteiger partial charge on any atom is -0.353 e. The second-order valence-electron chi connectivity index (χ2n) is 2.61. The number of nitrogens with one attached hydrogen (secondary N) is 2. The first-order valence-corrected chi connectivity index (χ1v) is 4.17. The van der Waals surface area contributed by atoms with E-state index >= 15 is 0 Å². The number of hydrogen-bond acceptors (Lipinski definition) is 3. The second kappa shape index (κ2) is 4.66. The van der Waals surface area contributed by atoms with Crippen molar-refractivity contribution < 1.29 is 14.4 Å². The van der Waals surface area contributed by atoms with Crippen LogP contribution in [0.25, 0.3) is 0 Å².